The molecule has 0 unspecified atom stereocenters. The summed E-state index contributed by atoms with van der Waals surface area (Å²) >= 11 is 0. The van der Waals surface area contributed by atoms with E-state index in [1.165, 1.54) is 28.1 Å². The molecular weight excluding hydrogens is 258 g/mol. The van der Waals surface area contributed by atoms with Crippen molar-refractivity contribution in [3.8, 4) is 22.4 Å². The lowest BCUT2D eigenvalue weighted by Crippen LogP contribution is -2.17. The summed E-state index contributed by atoms with van der Waals surface area (Å²) in [5.41, 5.74) is 6.38. The van der Waals surface area contributed by atoms with Crippen LogP contribution in [0.3, 0.4) is 0 Å². The summed E-state index contributed by atoms with van der Waals surface area (Å²) in [6.07, 6.45) is 0. The molecule has 3 aromatic rings. The van der Waals surface area contributed by atoms with Crippen LogP contribution in [0.5, 0.6) is 0 Å². The molecule has 2 heterocycles. The van der Waals surface area contributed by atoms with E-state index in [0.29, 0.717) is 6.61 Å². The van der Waals surface area contributed by atoms with Gasteiger partial charge in [0.1, 0.15) is 0 Å². The van der Waals surface area contributed by atoms with Crippen molar-refractivity contribution in [3.63, 3.8) is 0 Å². The first-order valence-corrected chi connectivity index (χ1v) is 7.34. The summed E-state index contributed by atoms with van der Waals surface area (Å²) in [5, 5.41) is 0. The van der Waals surface area contributed by atoms with Crippen molar-refractivity contribution < 1.29 is 4.74 Å². The molecule has 2 heteroatoms. The number of rotatable bonds is 2. The van der Waals surface area contributed by atoms with Gasteiger partial charge in [0.05, 0.1) is 18.9 Å². The Kier molecular flexibility index (Phi) is 3.09. The van der Waals surface area contributed by atoms with Crippen molar-refractivity contribution >= 4 is 0 Å². The molecule has 2 nitrogen and oxygen atoms in total. The summed E-state index contributed by atoms with van der Waals surface area (Å²) in [4.78, 5) is 0. The summed E-state index contributed by atoms with van der Waals surface area (Å²) in [7, 11) is 0. The molecule has 0 amide bonds. The first-order valence-electron chi connectivity index (χ1n) is 7.34. The molecule has 0 saturated carbocycles. The predicted octanol–water partition coefficient (Wildman–Crippen LogP) is 4.35. The molecule has 0 fully saturated rings. The number of fused-ring (bicyclic) bond motifs is 1. The number of hydrogen-bond acceptors (Lipinski definition) is 1. The van der Waals surface area contributed by atoms with Gasteiger partial charge in [-0.2, -0.15) is 0 Å². The third kappa shape index (κ3) is 2.18. The van der Waals surface area contributed by atoms with Gasteiger partial charge in [-0.1, -0.05) is 60.7 Å². The quantitative estimate of drug-likeness (QED) is 0.678. The highest BCUT2D eigenvalue weighted by atomic mass is 16.5. The molecule has 1 aliphatic heterocycles. The van der Waals surface area contributed by atoms with E-state index in [9.17, 15) is 0 Å². The molecule has 0 N–H and O–H groups in total. The number of benzene rings is 2. The number of nitrogens with zero attached hydrogens (tertiary/aromatic N) is 1. The zero-order chi connectivity index (χ0) is 14.1. The van der Waals surface area contributed by atoms with Gasteiger partial charge in [-0.05, 0) is 17.2 Å². The fourth-order valence-corrected chi connectivity index (χ4v) is 3.04. The minimum Gasteiger partial charge on any atom is -0.373 e. The van der Waals surface area contributed by atoms with Crippen LogP contribution in [0.4, 0.5) is 0 Å². The van der Waals surface area contributed by atoms with Gasteiger partial charge in [0.2, 0.25) is 0 Å². The van der Waals surface area contributed by atoms with Crippen molar-refractivity contribution in [2.24, 2.45) is 0 Å². The predicted molar refractivity (Wildman–Crippen MR) is 85.0 cm³/mol. The fraction of sp³-hybridized carbons (Fsp3) is 0.158. The molecule has 4 rings (SSSR count). The Labute approximate surface area is 124 Å². The minimum absolute atomic E-state index is 0.692. The molecule has 0 aliphatic carbocycles. The topological polar surface area (TPSA) is 14.2 Å². The molecule has 2 aromatic carbocycles. The Morgan fingerprint density at radius 3 is 2.19 bits per heavy atom. The number of hydrogen-bond donors (Lipinski definition) is 0. The maximum atomic E-state index is 5.69. The van der Waals surface area contributed by atoms with Crippen LogP contribution >= 0.6 is 0 Å². The van der Waals surface area contributed by atoms with Crippen LogP contribution in [0, 0.1) is 0 Å². The Hall–Kier alpha value is -2.32. The largest absolute Gasteiger partial charge is 0.373 e. The third-order valence-electron chi connectivity index (χ3n) is 4.06. The maximum Gasteiger partial charge on any atom is 0.0875 e. The lowest BCUT2D eigenvalue weighted by Gasteiger charge is -2.19. The van der Waals surface area contributed by atoms with E-state index < -0.39 is 0 Å². The monoisotopic (exact) mass is 275 g/mol. The molecule has 0 saturated heterocycles. The SMILES string of the molecule is c1ccc(-c2cc(-c3ccccc3)n3c2COCC3)cc1. The Morgan fingerprint density at radius 2 is 1.48 bits per heavy atom. The highest BCUT2D eigenvalue weighted by Crippen LogP contribution is 2.34. The highest BCUT2D eigenvalue weighted by molar-refractivity contribution is 5.75. The van der Waals surface area contributed by atoms with Crippen molar-refractivity contribution in [3.05, 3.63) is 72.4 Å². The van der Waals surface area contributed by atoms with E-state index in [-0.39, 0.29) is 0 Å². The average Bonchev–Trinajstić information content (AvgIpc) is 2.96. The fourth-order valence-electron chi connectivity index (χ4n) is 3.04. The second kappa shape index (κ2) is 5.23. The van der Waals surface area contributed by atoms with E-state index in [0.717, 1.165) is 13.2 Å². The second-order valence-corrected chi connectivity index (χ2v) is 5.33. The summed E-state index contributed by atoms with van der Waals surface area (Å²) in [6.45, 7) is 2.40. The zero-order valence-electron chi connectivity index (χ0n) is 11.8. The normalized spacial score (nSPS) is 13.9. The van der Waals surface area contributed by atoms with Crippen LogP contribution in [-0.4, -0.2) is 11.2 Å². The molecule has 1 aromatic heterocycles. The van der Waals surface area contributed by atoms with Gasteiger partial charge in [0, 0.05) is 17.8 Å². The molecular formula is C19H17NO. The average molecular weight is 275 g/mol. The van der Waals surface area contributed by atoms with Crippen LogP contribution in [0.15, 0.2) is 66.7 Å². The van der Waals surface area contributed by atoms with Crippen LogP contribution in [0.2, 0.25) is 0 Å². The van der Waals surface area contributed by atoms with Crippen molar-refractivity contribution in [2.45, 2.75) is 13.2 Å². The maximum absolute atomic E-state index is 5.69. The van der Waals surface area contributed by atoms with Crippen LogP contribution in [0.1, 0.15) is 5.69 Å². The highest BCUT2D eigenvalue weighted by Gasteiger charge is 2.20. The van der Waals surface area contributed by atoms with Gasteiger partial charge < -0.3 is 9.30 Å². The molecule has 0 radical (unpaired) electrons. The van der Waals surface area contributed by atoms with Gasteiger partial charge in [-0.25, -0.2) is 0 Å². The molecule has 1 aliphatic rings. The second-order valence-electron chi connectivity index (χ2n) is 5.33. The Morgan fingerprint density at radius 1 is 0.810 bits per heavy atom. The molecule has 21 heavy (non-hydrogen) atoms. The van der Waals surface area contributed by atoms with Gasteiger partial charge in [0.25, 0.3) is 0 Å². The first kappa shape index (κ1) is 12.4. The van der Waals surface area contributed by atoms with Crippen LogP contribution < -0.4 is 0 Å². The van der Waals surface area contributed by atoms with Crippen LogP contribution in [-0.2, 0) is 17.9 Å². The van der Waals surface area contributed by atoms with Gasteiger partial charge in [0.15, 0.2) is 0 Å². The van der Waals surface area contributed by atoms with Crippen molar-refractivity contribution in [1.82, 2.24) is 4.57 Å². The van der Waals surface area contributed by atoms with E-state index in [1.54, 1.807) is 0 Å². The summed E-state index contributed by atoms with van der Waals surface area (Å²) < 4.78 is 8.09. The summed E-state index contributed by atoms with van der Waals surface area (Å²) in [6, 6.07) is 23.5. The lowest BCUT2D eigenvalue weighted by atomic mass is 10.1. The molecule has 0 spiro atoms. The Balaban J connectivity index is 1.92. The molecule has 0 atom stereocenters. The molecule has 0 bridgehead atoms. The van der Waals surface area contributed by atoms with E-state index >= 15 is 0 Å². The van der Waals surface area contributed by atoms with Gasteiger partial charge >= 0.3 is 0 Å². The summed E-state index contributed by atoms with van der Waals surface area (Å²) in [5.74, 6) is 0. The van der Waals surface area contributed by atoms with E-state index in [1.807, 2.05) is 0 Å². The number of aromatic nitrogens is 1. The molecule has 104 valence electrons. The van der Waals surface area contributed by atoms with Crippen LogP contribution in [0.25, 0.3) is 22.4 Å². The zero-order valence-corrected chi connectivity index (χ0v) is 11.8. The van der Waals surface area contributed by atoms with E-state index in [2.05, 4.69) is 71.3 Å². The lowest BCUT2D eigenvalue weighted by molar-refractivity contribution is 0.0860. The van der Waals surface area contributed by atoms with E-state index in [4.69, 9.17) is 4.74 Å². The third-order valence-corrected chi connectivity index (χ3v) is 4.06. The van der Waals surface area contributed by atoms with Gasteiger partial charge in [-0.15, -0.1) is 0 Å². The van der Waals surface area contributed by atoms with Crippen molar-refractivity contribution in [2.75, 3.05) is 6.61 Å². The Bertz CT molecular complexity index is 680. The van der Waals surface area contributed by atoms with Gasteiger partial charge in [-0.3, -0.25) is 0 Å². The van der Waals surface area contributed by atoms with Crippen molar-refractivity contribution in [1.29, 1.82) is 0 Å². The standard InChI is InChI=1S/C19H17NO/c1-3-7-15(8-4-1)17-13-18(16-9-5-2-6-10-16)20-11-12-21-14-19(17)20/h1-10,13H,11-12,14H2. The number of ether oxygens (including phenoxy) is 1. The minimum atomic E-state index is 0.692. The smallest absolute Gasteiger partial charge is 0.0875 e. The first-order chi connectivity index (χ1) is 10.4.